The standard InChI is InChI=1S/C8H8N4O2/c9-4-7-10-5-2-1-3-6(12(13)14)8(5)11-7/h1-3H,4,9H2,(H,10,11). The molecule has 0 aliphatic rings. The Labute approximate surface area is 78.9 Å². The van der Waals surface area contributed by atoms with Crippen LogP contribution >= 0.6 is 0 Å². The predicted octanol–water partition coefficient (Wildman–Crippen LogP) is 0.930. The number of hydrogen-bond acceptors (Lipinski definition) is 4. The average Bonchev–Trinajstić information content (AvgIpc) is 2.59. The van der Waals surface area contributed by atoms with Crippen LogP contribution in [0, 0.1) is 10.1 Å². The summed E-state index contributed by atoms with van der Waals surface area (Å²) in [6, 6.07) is 4.76. The zero-order valence-electron chi connectivity index (χ0n) is 7.23. The highest BCUT2D eigenvalue weighted by Crippen LogP contribution is 2.22. The van der Waals surface area contributed by atoms with Gasteiger partial charge in [0.05, 0.1) is 17.0 Å². The van der Waals surface area contributed by atoms with E-state index in [1.165, 1.54) is 6.07 Å². The Morgan fingerprint density at radius 3 is 3.00 bits per heavy atom. The molecule has 0 saturated heterocycles. The van der Waals surface area contributed by atoms with Gasteiger partial charge in [0.25, 0.3) is 5.69 Å². The summed E-state index contributed by atoms with van der Waals surface area (Å²) in [6.07, 6.45) is 0. The second-order valence-corrected chi connectivity index (χ2v) is 2.82. The summed E-state index contributed by atoms with van der Waals surface area (Å²) >= 11 is 0. The third-order valence-electron chi connectivity index (χ3n) is 1.93. The van der Waals surface area contributed by atoms with Crippen molar-refractivity contribution >= 4 is 16.7 Å². The van der Waals surface area contributed by atoms with Gasteiger partial charge in [-0.2, -0.15) is 0 Å². The summed E-state index contributed by atoms with van der Waals surface area (Å²) in [5.74, 6) is 0.550. The minimum atomic E-state index is -0.455. The molecule has 2 aromatic rings. The summed E-state index contributed by atoms with van der Waals surface area (Å²) < 4.78 is 0. The molecule has 0 radical (unpaired) electrons. The Morgan fingerprint density at radius 2 is 2.36 bits per heavy atom. The summed E-state index contributed by atoms with van der Waals surface area (Å²) in [4.78, 5) is 17.1. The fourth-order valence-electron chi connectivity index (χ4n) is 1.31. The first-order valence-electron chi connectivity index (χ1n) is 4.04. The Hall–Kier alpha value is -1.95. The number of para-hydroxylation sites is 1. The van der Waals surface area contributed by atoms with Crippen LogP contribution in [-0.2, 0) is 6.54 Å². The first kappa shape index (κ1) is 8.64. The van der Waals surface area contributed by atoms with Crippen LogP contribution in [0.4, 0.5) is 5.69 Å². The van der Waals surface area contributed by atoms with Gasteiger partial charge in [-0.05, 0) is 6.07 Å². The van der Waals surface area contributed by atoms with Crippen molar-refractivity contribution in [1.29, 1.82) is 0 Å². The maximum Gasteiger partial charge on any atom is 0.297 e. The molecule has 0 saturated carbocycles. The Morgan fingerprint density at radius 1 is 1.57 bits per heavy atom. The van der Waals surface area contributed by atoms with Crippen LogP contribution in [0.25, 0.3) is 11.0 Å². The van der Waals surface area contributed by atoms with Crippen molar-refractivity contribution in [1.82, 2.24) is 9.97 Å². The number of nitrogens with one attached hydrogen (secondary N) is 1. The van der Waals surface area contributed by atoms with E-state index < -0.39 is 4.92 Å². The van der Waals surface area contributed by atoms with Gasteiger partial charge in [0.2, 0.25) is 0 Å². The molecule has 0 amide bonds. The SMILES string of the molecule is NCc1nc2c([N+](=O)[O-])cccc2[nH]1. The van der Waals surface area contributed by atoms with Crippen LogP contribution in [0.2, 0.25) is 0 Å². The van der Waals surface area contributed by atoms with Crippen molar-refractivity contribution in [2.45, 2.75) is 6.54 Å². The van der Waals surface area contributed by atoms with E-state index in [1.54, 1.807) is 12.1 Å². The number of nitro benzene ring substituents is 1. The zero-order chi connectivity index (χ0) is 10.1. The summed E-state index contributed by atoms with van der Waals surface area (Å²) in [6.45, 7) is 0.242. The molecule has 6 nitrogen and oxygen atoms in total. The number of hydrogen-bond donors (Lipinski definition) is 2. The molecule has 6 heteroatoms. The second-order valence-electron chi connectivity index (χ2n) is 2.82. The number of imidazole rings is 1. The molecule has 0 aliphatic carbocycles. The van der Waals surface area contributed by atoms with Gasteiger partial charge >= 0.3 is 0 Å². The van der Waals surface area contributed by atoms with E-state index in [0.29, 0.717) is 16.9 Å². The van der Waals surface area contributed by atoms with Crippen LogP contribution in [0.3, 0.4) is 0 Å². The molecule has 0 unspecified atom stereocenters. The maximum absolute atomic E-state index is 10.6. The summed E-state index contributed by atoms with van der Waals surface area (Å²) in [5.41, 5.74) is 6.37. The molecule has 0 atom stereocenters. The fraction of sp³-hybridized carbons (Fsp3) is 0.125. The van der Waals surface area contributed by atoms with Crippen molar-refractivity contribution < 1.29 is 4.92 Å². The van der Waals surface area contributed by atoms with Crippen LogP contribution in [0.1, 0.15) is 5.82 Å². The number of benzene rings is 1. The molecule has 0 spiro atoms. The van der Waals surface area contributed by atoms with Crippen molar-refractivity contribution in [3.63, 3.8) is 0 Å². The maximum atomic E-state index is 10.6. The van der Waals surface area contributed by atoms with E-state index in [9.17, 15) is 10.1 Å². The number of aromatic nitrogens is 2. The average molecular weight is 192 g/mol. The van der Waals surface area contributed by atoms with Crippen LogP contribution in [0.15, 0.2) is 18.2 Å². The molecule has 0 aliphatic heterocycles. The number of rotatable bonds is 2. The quantitative estimate of drug-likeness (QED) is 0.546. The van der Waals surface area contributed by atoms with Crippen molar-refractivity contribution in [3.05, 3.63) is 34.1 Å². The lowest BCUT2D eigenvalue weighted by Gasteiger charge is -1.90. The van der Waals surface area contributed by atoms with Crippen LogP contribution in [-0.4, -0.2) is 14.9 Å². The smallest absolute Gasteiger partial charge is 0.297 e. The van der Waals surface area contributed by atoms with Crippen LogP contribution in [0.5, 0.6) is 0 Å². The van der Waals surface area contributed by atoms with E-state index in [1.807, 2.05) is 0 Å². The van der Waals surface area contributed by atoms with Crippen LogP contribution < -0.4 is 5.73 Å². The molecule has 0 bridgehead atoms. The van der Waals surface area contributed by atoms with E-state index in [2.05, 4.69) is 9.97 Å². The number of aromatic amines is 1. The largest absolute Gasteiger partial charge is 0.341 e. The molecule has 14 heavy (non-hydrogen) atoms. The number of non-ortho nitro benzene ring substituents is 1. The lowest BCUT2D eigenvalue weighted by molar-refractivity contribution is -0.383. The normalized spacial score (nSPS) is 10.6. The highest BCUT2D eigenvalue weighted by atomic mass is 16.6. The zero-order valence-corrected chi connectivity index (χ0v) is 7.23. The Kier molecular flexibility index (Phi) is 1.90. The molecule has 3 N–H and O–H groups in total. The highest BCUT2D eigenvalue weighted by molar-refractivity contribution is 5.84. The van der Waals surface area contributed by atoms with Gasteiger partial charge < -0.3 is 10.7 Å². The third-order valence-corrected chi connectivity index (χ3v) is 1.93. The Bertz CT molecular complexity index is 491. The molecular weight excluding hydrogens is 184 g/mol. The van der Waals surface area contributed by atoms with Gasteiger partial charge in [-0.15, -0.1) is 0 Å². The molecule has 2 rings (SSSR count). The predicted molar refractivity (Wildman–Crippen MR) is 50.6 cm³/mol. The second kappa shape index (κ2) is 3.08. The van der Waals surface area contributed by atoms with Gasteiger partial charge in [-0.25, -0.2) is 4.98 Å². The fourth-order valence-corrected chi connectivity index (χ4v) is 1.31. The number of nitrogens with zero attached hydrogens (tertiary/aromatic N) is 2. The minimum Gasteiger partial charge on any atom is -0.341 e. The Balaban J connectivity index is 2.73. The first-order chi connectivity index (χ1) is 6.72. The highest BCUT2D eigenvalue weighted by Gasteiger charge is 2.14. The van der Waals surface area contributed by atoms with Gasteiger partial charge in [-0.1, -0.05) is 6.07 Å². The van der Waals surface area contributed by atoms with Gasteiger partial charge in [0, 0.05) is 6.07 Å². The van der Waals surface area contributed by atoms with Crippen molar-refractivity contribution in [3.8, 4) is 0 Å². The molecule has 72 valence electrons. The van der Waals surface area contributed by atoms with Crippen molar-refractivity contribution in [2.75, 3.05) is 0 Å². The number of nitrogens with two attached hydrogens (primary N) is 1. The third kappa shape index (κ3) is 1.21. The first-order valence-corrected chi connectivity index (χ1v) is 4.04. The topological polar surface area (TPSA) is 97.8 Å². The van der Waals surface area contributed by atoms with E-state index in [0.717, 1.165) is 0 Å². The summed E-state index contributed by atoms with van der Waals surface area (Å²) in [7, 11) is 0. The van der Waals surface area contributed by atoms with Gasteiger partial charge in [0.1, 0.15) is 5.82 Å². The minimum absolute atomic E-state index is 0.00144. The lowest BCUT2D eigenvalue weighted by Crippen LogP contribution is -1.97. The number of fused-ring (bicyclic) bond motifs is 1. The number of H-pyrrole nitrogens is 1. The van der Waals surface area contributed by atoms with E-state index in [-0.39, 0.29) is 12.2 Å². The molecular formula is C8H8N4O2. The monoisotopic (exact) mass is 192 g/mol. The van der Waals surface area contributed by atoms with Crippen molar-refractivity contribution in [2.24, 2.45) is 5.73 Å². The molecule has 1 aromatic carbocycles. The van der Waals surface area contributed by atoms with Gasteiger partial charge in [0.15, 0.2) is 5.52 Å². The number of nitro groups is 1. The van der Waals surface area contributed by atoms with E-state index in [4.69, 9.17) is 5.73 Å². The lowest BCUT2D eigenvalue weighted by atomic mass is 10.3. The molecule has 1 heterocycles. The molecule has 0 fully saturated rings. The van der Waals surface area contributed by atoms with E-state index >= 15 is 0 Å². The summed E-state index contributed by atoms with van der Waals surface area (Å²) in [5, 5.41) is 10.6. The van der Waals surface area contributed by atoms with Gasteiger partial charge in [-0.3, -0.25) is 10.1 Å². The molecule has 1 aromatic heterocycles.